The van der Waals surface area contributed by atoms with Gasteiger partial charge in [-0.2, -0.15) is 0 Å². The molecule has 1 N–H and O–H groups in total. The van der Waals surface area contributed by atoms with Crippen molar-refractivity contribution >= 4 is 22.6 Å². The van der Waals surface area contributed by atoms with E-state index < -0.39 is 22.5 Å². The molecule has 0 bridgehead atoms. The maximum atomic E-state index is 13.9. The molecule has 0 amide bonds. The van der Waals surface area contributed by atoms with Gasteiger partial charge in [-0.1, -0.05) is 6.07 Å². The highest BCUT2D eigenvalue weighted by Crippen LogP contribution is 2.26. The number of aromatic carboxylic acids is 1. The van der Waals surface area contributed by atoms with Gasteiger partial charge in [-0.05, 0) is 24.3 Å². The molecule has 2 aromatic carbocycles. The summed E-state index contributed by atoms with van der Waals surface area (Å²) < 4.78 is 28.9. The number of benzene rings is 2. The van der Waals surface area contributed by atoms with Crippen molar-refractivity contribution in [3.05, 3.63) is 75.5 Å². The minimum atomic E-state index is -1.30. The predicted octanol–water partition coefficient (Wildman–Crippen LogP) is 3.57. The third-order valence-corrected chi connectivity index (χ3v) is 3.69. The van der Waals surface area contributed by atoms with Gasteiger partial charge in [-0.25, -0.2) is 13.6 Å². The Morgan fingerprint density at radius 3 is 2.42 bits per heavy atom. The fourth-order valence-electron chi connectivity index (χ4n) is 2.56. The van der Waals surface area contributed by atoms with Crippen LogP contribution in [0.1, 0.15) is 16.1 Å². The van der Waals surface area contributed by atoms with E-state index in [-0.39, 0.29) is 23.5 Å². The number of carbonyl (C=O) groups is 1. The lowest BCUT2D eigenvalue weighted by molar-refractivity contribution is -0.384. The number of hydrogen-bond acceptors (Lipinski definition) is 3. The summed E-state index contributed by atoms with van der Waals surface area (Å²) in [4.78, 5) is 21.7. The summed E-state index contributed by atoms with van der Waals surface area (Å²) in [5.41, 5.74) is -0.363. The van der Waals surface area contributed by atoms with E-state index in [0.717, 1.165) is 12.1 Å². The lowest BCUT2D eigenvalue weighted by Gasteiger charge is -2.10. The summed E-state index contributed by atoms with van der Waals surface area (Å²) in [7, 11) is 0. The summed E-state index contributed by atoms with van der Waals surface area (Å²) in [6.45, 7) is -0.346. The van der Waals surface area contributed by atoms with Crippen LogP contribution in [0.5, 0.6) is 0 Å². The van der Waals surface area contributed by atoms with Crippen LogP contribution < -0.4 is 0 Å². The molecule has 0 aliphatic carbocycles. The molecule has 0 spiro atoms. The Morgan fingerprint density at radius 1 is 1.17 bits per heavy atom. The molecule has 1 aromatic heterocycles. The maximum Gasteiger partial charge on any atom is 0.352 e. The average molecular weight is 332 g/mol. The van der Waals surface area contributed by atoms with Crippen molar-refractivity contribution in [2.75, 3.05) is 0 Å². The summed E-state index contributed by atoms with van der Waals surface area (Å²) >= 11 is 0. The van der Waals surface area contributed by atoms with Gasteiger partial charge in [-0.3, -0.25) is 10.1 Å². The molecule has 6 nitrogen and oxygen atoms in total. The fraction of sp³-hybridized carbons (Fsp3) is 0.0625. The van der Waals surface area contributed by atoms with E-state index in [0.29, 0.717) is 10.9 Å². The first-order valence-corrected chi connectivity index (χ1v) is 6.82. The summed E-state index contributed by atoms with van der Waals surface area (Å²) in [5.74, 6) is -2.89. The van der Waals surface area contributed by atoms with Crippen molar-refractivity contribution in [2.24, 2.45) is 0 Å². The maximum absolute atomic E-state index is 13.9. The Hall–Kier alpha value is -3.29. The number of carboxylic acids is 1. The minimum Gasteiger partial charge on any atom is -0.477 e. The number of hydrogen-bond donors (Lipinski definition) is 1. The van der Waals surface area contributed by atoms with Crippen molar-refractivity contribution < 1.29 is 23.6 Å². The highest BCUT2D eigenvalue weighted by molar-refractivity contribution is 5.95. The van der Waals surface area contributed by atoms with Crippen LogP contribution in [-0.4, -0.2) is 20.6 Å². The quantitative estimate of drug-likeness (QED) is 0.584. The second-order valence-corrected chi connectivity index (χ2v) is 5.12. The molecular weight excluding hydrogens is 322 g/mol. The Balaban J connectivity index is 2.20. The van der Waals surface area contributed by atoms with Gasteiger partial charge in [0.05, 0.1) is 11.5 Å². The van der Waals surface area contributed by atoms with Gasteiger partial charge in [-0.15, -0.1) is 0 Å². The van der Waals surface area contributed by atoms with Gasteiger partial charge in [0.2, 0.25) is 0 Å². The Labute approximate surface area is 133 Å². The number of fused-ring (bicyclic) bond motifs is 1. The van der Waals surface area contributed by atoms with Crippen LogP contribution in [0.2, 0.25) is 0 Å². The van der Waals surface area contributed by atoms with E-state index in [9.17, 15) is 28.8 Å². The van der Waals surface area contributed by atoms with Crippen LogP contribution in [0.15, 0.2) is 42.5 Å². The van der Waals surface area contributed by atoms with E-state index in [4.69, 9.17) is 0 Å². The minimum absolute atomic E-state index is 0.200. The monoisotopic (exact) mass is 332 g/mol. The van der Waals surface area contributed by atoms with E-state index >= 15 is 0 Å². The molecule has 0 saturated heterocycles. The van der Waals surface area contributed by atoms with Crippen molar-refractivity contribution in [1.82, 2.24) is 4.57 Å². The van der Waals surface area contributed by atoms with Crippen LogP contribution in [0.3, 0.4) is 0 Å². The number of nitrogens with zero attached hydrogens (tertiary/aromatic N) is 2. The van der Waals surface area contributed by atoms with Crippen LogP contribution >= 0.6 is 0 Å². The van der Waals surface area contributed by atoms with E-state index in [1.807, 2.05) is 0 Å². The second kappa shape index (κ2) is 5.73. The van der Waals surface area contributed by atoms with Gasteiger partial charge in [0.1, 0.15) is 17.3 Å². The van der Waals surface area contributed by atoms with Gasteiger partial charge < -0.3 is 9.67 Å². The predicted molar refractivity (Wildman–Crippen MR) is 81.0 cm³/mol. The summed E-state index contributed by atoms with van der Waals surface area (Å²) in [6.07, 6.45) is 0. The molecule has 8 heteroatoms. The number of nitro benzene ring substituents is 1. The Bertz CT molecular complexity index is 961. The van der Waals surface area contributed by atoms with Crippen LogP contribution in [0.4, 0.5) is 14.5 Å². The van der Waals surface area contributed by atoms with Crippen molar-refractivity contribution in [3.8, 4) is 0 Å². The highest BCUT2D eigenvalue weighted by Gasteiger charge is 2.19. The van der Waals surface area contributed by atoms with Gasteiger partial charge in [0.25, 0.3) is 5.69 Å². The SMILES string of the molecule is O=C(O)c1cc2cc([N+](=O)[O-])ccc2n1Cc1c(F)cccc1F. The number of halogens is 2. The van der Waals surface area contributed by atoms with Gasteiger partial charge in [0, 0.05) is 28.6 Å². The van der Waals surface area contributed by atoms with Crippen molar-refractivity contribution in [1.29, 1.82) is 0 Å². The zero-order chi connectivity index (χ0) is 17.4. The third kappa shape index (κ3) is 2.58. The highest BCUT2D eigenvalue weighted by atomic mass is 19.1. The Morgan fingerprint density at radius 2 is 1.83 bits per heavy atom. The number of non-ortho nitro benzene ring substituents is 1. The van der Waals surface area contributed by atoms with E-state index in [1.54, 1.807) is 0 Å². The molecule has 0 fully saturated rings. The zero-order valence-corrected chi connectivity index (χ0v) is 12.1. The smallest absolute Gasteiger partial charge is 0.352 e. The molecule has 0 aliphatic rings. The van der Waals surface area contributed by atoms with Crippen molar-refractivity contribution in [3.63, 3.8) is 0 Å². The molecule has 1 heterocycles. The lowest BCUT2D eigenvalue weighted by atomic mass is 10.2. The van der Waals surface area contributed by atoms with Crippen LogP contribution in [-0.2, 0) is 6.54 Å². The number of rotatable bonds is 4. The third-order valence-electron chi connectivity index (χ3n) is 3.69. The molecule has 24 heavy (non-hydrogen) atoms. The first-order chi connectivity index (χ1) is 11.4. The van der Waals surface area contributed by atoms with Crippen LogP contribution in [0, 0.1) is 21.7 Å². The van der Waals surface area contributed by atoms with Gasteiger partial charge >= 0.3 is 5.97 Å². The molecule has 0 saturated carbocycles. The van der Waals surface area contributed by atoms with Crippen LogP contribution in [0.25, 0.3) is 10.9 Å². The Kier molecular flexibility index (Phi) is 3.72. The molecule has 0 unspecified atom stereocenters. The fourth-order valence-corrected chi connectivity index (χ4v) is 2.56. The summed E-state index contributed by atoms with van der Waals surface area (Å²) in [6, 6.07) is 8.40. The largest absolute Gasteiger partial charge is 0.477 e. The number of aromatic nitrogens is 1. The van der Waals surface area contributed by atoms with Gasteiger partial charge in [0.15, 0.2) is 0 Å². The standard InChI is InChI=1S/C16H10F2N2O4/c17-12-2-1-3-13(18)11(12)8-19-14-5-4-10(20(23)24)6-9(14)7-15(19)16(21)22/h1-7H,8H2,(H,21,22). The molecular formula is C16H10F2N2O4. The molecule has 122 valence electrons. The first kappa shape index (κ1) is 15.6. The molecule has 3 aromatic rings. The average Bonchev–Trinajstić information content (AvgIpc) is 2.89. The first-order valence-electron chi connectivity index (χ1n) is 6.82. The number of nitro groups is 1. The molecule has 0 aliphatic heterocycles. The lowest BCUT2D eigenvalue weighted by Crippen LogP contribution is -2.11. The van der Waals surface area contributed by atoms with E-state index in [1.165, 1.54) is 34.9 Å². The van der Waals surface area contributed by atoms with E-state index in [2.05, 4.69) is 0 Å². The molecule has 0 radical (unpaired) electrons. The van der Waals surface area contributed by atoms with Crippen molar-refractivity contribution in [2.45, 2.75) is 6.54 Å². The topological polar surface area (TPSA) is 85.4 Å². The number of carboxylic acid groups (broad SMARTS) is 1. The molecule has 3 rings (SSSR count). The molecule has 0 atom stereocenters. The summed E-state index contributed by atoms with van der Waals surface area (Å²) in [5, 5.41) is 20.5. The zero-order valence-electron chi connectivity index (χ0n) is 12.1. The second-order valence-electron chi connectivity index (χ2n) is 5.12. The normalized spacial score (nSPS) is 10.9.